The summed E-state index contributed by atoms with van der Waals surface area (Å²) in [6.07, 6.45) is 7.98. The van der Waals surface area contributed by atoms with Gasteiger partial charge in [-0.3, -0.25) is 4.79 Å². The minimum absolute atomic E-state index is 0.0334. The van der Waals surface area contributed by atoms with Gasteiger partial charge in [0.15, 0.2) is 0 Å². The number of rotatable bonds is 2. The highest BCUT2D eigenvalue weighted by atomic mass is 16.6. The Morgan fingerprint density at radius 2 is 2.04 bits per heavy atom. The zero-order valence-electron chi connectivity index (χ0n) is 16.6. The summed E-state index contributed by atoms with van der Waals surface area (Å²) >= 11 is 0. The molecule has 27 heavy (non-hydrogen) atoms. The third kappa shape index (κ3) is 2.21. The highest BCUT2D eigenvalue weighted by molar-refractivity contribution is 5.96. The first-order chi connectivity index (χ1) is 12.7. The van der Waals surface area contributed by atoms with E-state index in [1.807, 2.05) is 0 Å². The maximum absolute atomic E-state index is 12.4. The van der Waals surface area contributed by atoms with E-state index in [-0.39, 0.29) is 29.6 Å². The molecule has 0 aromatic carbocycles. The number of ether oxygens (including phenoxy) is 3. The van der Waals surface area contributed by atoms with Crippen LogP contribution in [0.5, 0.6) is 0 Å². The van der Waals surface area contributed by atoms with Crippen molar-refractivity contribution in [1.82, 2.24) is 0 Å². The van der Waals surface area contributed by atoms with E-state index < -0.39 is 11.9 Å². The Morgan fingerprint density at radius 3 is 2.78 bits per heavy atom. The van der Waals surface area contributed by atoms with Crippen LogP contribution in [0.3, 0.4) is 0 Å². The van der Waals surface area contributed by atoms with E-state index in [9.17, 15) is 9.59 Å². The van der Waals surface area contributed by atoms with Gasteiger partial charge in [0.05, 0.1) is 5.57 Å². The molecule has 0 aromatic heterocycles. The molecule has 2 heterocycles. The minimum Gasteiger partial charge on any atom is -0.461 e. The van der Waals surface area contributed by atoms with E-state index in [1.165, 1.54) is 32.6 Å². The van der Waals surface area contributed by atoms with Crippen molar-refractivity contribution in [2.45, 2.75) is 71.5 Å². The molecule has 5 nitrogen and oxygen atoms in total. The Balaban J connectivity index is 1.56. The number of carbonyl (C=O) groups excluding carboxylic acids is 2. The molecule has 0 aromatic rings. The van der Waals surface area contributed by atoms with Crippen molar-refractivity contribution in [3.05, 3.63) is 23.0 Å². The lowest BCUT2D eigenvalue weighted by molar-refractivity contribution is -0.141. The highest BCUT2D eigenvalue weighted by Crippen LogP contribution is 2.71. The van der Waals surface area contributed by atoms with Crippen molar-refractivity contribution in [1.29, 1.82) is 0 Å². The normalized spacial score (nSPS) is 43.6. The van der Waals surface area contributed by atoms with Crippen LogP contribution in [0.1, 0.15) is 59.8 Å². The Bertz CT molecular complexity index is 806. The summed E-state index contributed by atoms with van der Waals surface area (Å²) in [4.78, 5) is 23.6. The molecule has 0 bridgehead atoms. The quantitative estimate of drug-likeness (QED) is 0.546. The topological polar surface area (TPSA) is 65.1 Å². The molecule has 1 saturated heterocycles. The van der Waals surface area contributed by atoms with Crippen LogP contribution in [0.4, 0.5) is 0 Å². The van der Waals surface area contributed by atoms with Crippen molar-refractivity contribution < 1.29 is 23.8 Å². The first kappa shape index (κ1) is 17.5. The van der Waals surface area contributed by atoms with Gasteiger partial charge < -0.3 is 14.2 Å². The van der Waals surface area contributed by atoms with E-state index in [0.717, 1.165) is 12.0 Å². The number of fused-ring (bicyclic) bond motifs is 4. The lowest BCUT2D eigenvalue weighted by Crippen LogP contribution is -2.55. The number of carbonyl (C=O) groups is 2. The fourth-order valence-electron chi connectivity index (χ4n) is 6.94. The fourth-order valence-corrected chi connectivity index (χ4v) is 6.94. The maximum Gasteiger partial charge on any atom is 0.343 e. The summed E-state index contributed by atoms with van der Waals surface area (Å²) in [5, 5.41) is 0. The summed E-state index contributed by atoms with van der Waals surface area (Å²) in [5.41, 5.74) is 1.58. The van der Waals surface area contributed by atoms with Gasteiger partial charge in [-0.25, -0.2) is 4.79 Å². The van der Waals surface area contributed by atoms with E-state index in [4.69, 9.17) is 14.2 Å². The van der Waals surface area contributed by atoms with Crippen molar-refractivity contribution in [2.75, 3.05) is 6.61 Å². The molecule has 1 spiro atoms. The van der Waals surface area contributed by atoms with E-state index >= 15 is 0 Å². The smallest absolute Gasteiger partial charge is 0.343 e. The molecule has 0 radical (unpaired) electrons. The van der Waals surface area contributed by atoms with Gasteiger partial charge in [0.25, 0.3) is 0 Å². The second-order valence-corrected chi connectivity index (χ2v) is 9.96. The third-order valence-electron chi connectivity index (χ3n) is 8.10. The first-order valence-electron chi connectivity index (χ1n) is 10.2. The molecule has 5 unspecified atom stereocenters. The van der Waals surface area contributed by atoms with Crippen LogP contribution >= 0.6 is 0 Å². The van der Waals surface area contributed by atoms with E-state index in [1.54, 1.807) is 0 Å². The predicted octanol–water partition coefficient (Wildman–Crippen LogP) is 3.68. The van der Waals surface area contributed by atoms with Gasteiger partial charge in [-0.15, -0.1) is 0 Å². The van der Waals surface area contributed by atoms with Crippen LogP contribution in [-0.4, -0.2) is 30.3 Å². The van der Waals surface area contributed by atoms with Gasteiger partial charge in [0.1, 0.15) is 24.1 Å². The molecule has 146 valence electrons. The molecule has 5 heteroatoms. The second kappa shape index (κ2) is 5.25. The summed E-state index contributed by atoms with van der Waals surface area (Å²) in [5.74, 6) is 0.779. The fraction of sp³-hybridized carbons (Fsp3) is 0.727. The second-order valence-electron chi connectivity index (χ2n) is 9.96. The van der Waals surface area contributed by atoms with Crippen molar-refractivity contribution in [2.24, 2.45) is 22.7 Å². The number of epoxide rings is 1. The SMILES string of the molecule is CC(=O)OCC1=C2C(=CC3C4(C)CCCC(C)(C)C4CCC34OC24)OC1=O. The lowest BCUT2D eigenvalue weighted by atomic mass is 9.45. The van der Waals surface area contributed by atoms with Crippen LogP contribution in [0.25, 0.3) is 0 Å². The lowest BCUT2D eigenvalue weighted by Gasteiger charge is -2.59. The minimum atomic E-state index is -0.397. The zero-order valence-corrected chi connectivity index (χ0v) is 16.6. The zero-order chi connectivity index (χ0) is 19.2. The predicted molar refractivity (Wildman–Crippen MR) is 97.4 cm³/mol. The molecule has 3 fully saturated rings. The monoisotopic (exact) mass is 372 g/mol. The van der Waals surface area contributed by atoms with Crippen LogP contribution in [0.2, 0.25) is 0 Å². The molecule has 0 N–H and O–H groups in total. The van der Waals surface area contributed by atoms with Crippen molar-refractivity contribution in [3.8, 4) is 0 Å². The van der Waals surface area contributed by atoms with Crippen LogP contribution < -0.4 is 0 Å². The molecule has 0 amide bonds. The Labute approximate surface area is 160 Å². The molecule has 2 saturated carbocycles. The van der Waals surface area contributed by atoms with Gasteiger partial charge in [-0.2, -0.15) is 0 Å². The van der Waals surface area contributed by atoms with Crippen LogP contribution in [0, 0.1) is 22.7 Å². The summed E-state index contributed by atoms with van der Waals surface area (Å²) in [6, 6.07) is 0. The first-order valence-corrected chi connectivity index (χ1v) is 10.2. The highest BCUT2D eigenvalue weighted by Gasteiger charge is 2.73. The Kier molecular flexibility index (Phi) is 3.40. The number of hydrogen-bond acceptors (Lipinski definition) is 5. The van der Waals surface area contributed by atoms with Gasteiger partial charge >= 0.3 is 11.9 Å². The van der Waals surface area contributed by atoms with Gasteiger partial charge in [-0.1, -0.05) is 27.2 Å². The van der Waals surface area contributed by atoms with Crippen molar-refractivity contribution >= 4 is 11.9 Å². The summed E-state index contributed by atoms with van der Waals surface area (Å²) in [6.45, 7) is 8.56. The Morgan fingerprint density at radius 1 is 1.26 bits per heavy atom. The van der Waals surface area contributed by atoms with Gasteiger partial charge in [-0.05, 0) is 48.5 Å². The standard InChI is InChI=1S/C22H28O5/c1-12(23)25-11-13-17-14(26-19(13)24)10-16-21(4)8-5-7-20(2,3)15(21)6-9-22(16)18(17)27-22/h10,15-16,18H,5-9,11H2,1-4H3. The molecule has 3 aliphatic carbocycles. The molecule has 2 aliphatic heterocycles. The van der Waals surface area contributed by atoms with Gasteiger partial charge in [0, 0.05) is 18.4 Å². The van der Waals surface area contributed by atoms with E-state index in [2.05, 4.69) is 26.8 Å². The van der Waals surface area contributed by atoms with Crippen LogP contribution in [0.15, 0.2) is 23.0 Å². The molecule has 5 aliphatic rings. The molecular formula is C22H28O5. The largest absolute Gasteiger partial charge is 0.461 e. The average Bonchev–Trinajstić information content (AvgIpc) is 3.20. The van der Waals surface area contributed by atoms with Gasteiger partial charge in [0.2, 0.25) is 0 Å². The van der Waals surface area contributed by atoms with Crippen molar-refractivity contribution in [3.63, 3.8) is 0 Å². The third-order valence-corrected chi connectivity index (χ3v) is 8.10. The van der Waals surface area contributed by atoms with Crippen LogP contribution in [-0.2, 0) is 23.8 Å². The average molecular weight is 372 g/mol. The number of esters is 2. The Hall–Kier alpha value is -1.62. The summed E-state index contributed by atoms with van der Waals surface area (Å²) in [7, 11) is 0. The molecular weight excluding hydrogens is 344 g/mol. The summed E-state index contributed by atoms with van der Waals surface area (Å²) < 4.78 is 17.1. The number of hydrogen-bond donors (Lipinski definition) is 0. The maximum atomic E-state index is 12.4. The molecule has 5 rings (SSSR count). The van der Waals surface area contributed by atoms with E-state index in [0.29, 0.717) is 22.7 Å². The molecule has 5 atom stereocenters.